The Balaban J connectivity index is 1.81. The second kappa shape index (κ2) is 5.80. The first-order valence-electron chi connectivity index (χ1n) is 7.67. The summed E-state index contributed by atoms with van der Waals surface area (Å²) in [4.78, 5) is 13.7. The van der Waals surface area contributed by atoms with Gasteiger partial charge in [0, 0.05) is 23.5 Å². The number of nitrogens with zero attached hydrogens (tertiary/aromatic N) is 3. The van der Waals surface area contributed by atoms with Crippen molar-refractivity contribution in [1.29, 1.82) is 0 Å². The van der Waals surface area contributed by atoms with Gasteiger partial charge in [0.25, 0.3) is 0 Å². The second-order valence-electron chi connectivity index (χ2n) is 5.96. The van der Waals surface area contributed by atoms with Crippen LogP contribution in [0.4, 0.5) is 5.95 Å². The Bertz CT molecular complexity index is 634. The molecule has 2 heterocycles. The molecule has 1 aliphatic rings. The molecule has 0 bridgehead atoms. The van der Waals surface area contributed by atoms with Crippen molar-refractivity contribution in [3.05, 3.63) is 47.0 Å². The summed E-state index contributed by atoms with van der Waals surface area (Å²) in [6.07, 6.45) is 5.66. The molecule has 4 nitrogen and oxygen atoms in total. The van der Waals surface area contributed by atoms with Gasteiger partial charge in [-0.05, 0) is 51.3 Å². The summed E-state index contributed by atoms with van der Waals surface area (Å²) in [5.41, 5.74) is 4.44. The smallest absolute Gasteiger partial charge is 0.223 e. The summed E-state index contributed by atoms with van der Waals surface area (Å²) in [6.45, 7) is 6.22. The number of hydrogen-bond donors (Lipinski definition) is 1. The van der Waals surface area contributed by atoms with Crippen molar-refractivity contribution >= 4 is 5.95 Å². The third kappa shape index (κ3) is 3.04. The number of nitrogens with one attached hydrogen (secondary N) is 1. The first-order chi connectivity index (χ1) is 10.1. The molecular weight excluding hydrogens is 260 g/mol. The fourth-order valence-corrected chi connectivity index (χ4v) is 2.78. The van der Waals surface area contributed by atoms with E-state index in [1.807, 2.05) is 19.2 Å². The maximum absolute atomic E-state index is 4.70. The van der Waals surface area contributed by atoms with E-state index in [-0.39, 0.29) is 6.04 Å². The van der Waals surface area contributed by atoms with Crippen molar-refractivity contribution in [1.82, 2.24) is 15.0 Å². The highest BCUT2D eigenvalue weighted by Crippen LogP contribution is 2.35. The maximum atomic E-state index is 4.70. The van der Waals surface area contributed by atoms with Crippen molar-refractivity contribution in [3.63, 3.8) is 0 Å². The molecule has 0 radical (unpaired) electrons. The molecule has 0 aliphatic heterocycles. The summed E-state index contributed by atoms with van der Waals surface area (Å²) in [6, 6.07) is 6.26. The monoisotopic (exact) mass is 282 g/mol. The zero-order valence-corrected chi connectivity index (χ0v) is 12.9. The van der Waals surface area contributed by atoms with E-state index in [1.54, 1.807) is 0 Å². The number of rotatable bonds is 4. The highest BCUT2D eigenvalue weighted by molar-refractivity contribution is 5.34. The third-order valence-corrected chi connectivity index (χ3v) is 4.20. The minimum Gasteiger partial charge on any atom is -0.346 e. The van der Waals surface area contributed by atoms with Crippen LogP contribution in [0.1, 0.15) is 60.8 Å². The molecule has 3 rings (SSSR count). The summed E-state index contributed by atoms with van der Waals surface area (Å²) < 4.78 is 0. The summed E-state index contributed by atoms with van der Waals surface area (Å²) in [5, 5.41) is 3.40. The molecule has 1 unspecified atom stereocenters. The van der Waals surface area contributed by atoms with Crippen LogP contribution in [0.25, 0.3) is 0 Å². The van der Waals surface area contributed by atoms with Gasteiger partial charge in [0.05, 0.1) is 11.7 Å². The Morgan fingerprint density at radius 2 is 2.05 bits per heavy atom. The first-order valence-corrected chi connectivity index (χ1v) is 7.67. The molecule has 1 N–H and O–H groups in total. The van der Waals surface area contributed by atoms with Gasteiger partial charge < -0.3 is 5.32 Å². The SMILES string of the molecule is Cc1cc(C2CCC2)nc(NC(C)c2ncccc2C)n1. The molecule has 1 aliphatic carbocycles. The van der Waals surface area contributed by atoms with Crippen LogP contribution in [0.3, 0.4) is 0 Å². The predicted molar refractivity (Wildman–Crippen MR) is 84.4 cm³/mol. The molecule has 4 heteroatoms. The minimum atomic E-state index is 0.0993. The molecular formula is C17H22N4. The van der Waals surface area contributed by atoms with Crippen LogP contribution < -0.4 is 5.32 Å². The zero-order valence-electron chi connectivity index (χ0n) is 12.9. The number of aromatic nitrogens is 3. The van der Waals surface area contributed by atoms with E-state index in [4.69, 9.17) is 4.98 Å². The van der Waals surface area contributed by atoms with Gasteiger partial charge in [-0.25, -0.2) is 9.97 Å². The van der Waals surface area contributed by atoms with Crippen molar-refractivity contribution < 1.29 is 0 Å². The number of hydrogen-bond acceptors (Lipinski definition) is 4. The Hall–Kier alpha value is -1.97. The van der Waals surface area contributed by atoms with Crippen molar-refractivity contribution in [2.24, 2.45) is 0 Å². The van der Waals surface area contributed by atoms with Crippen LogP contribution in [0.2, 0.25) is 0 Å². The van der Waals surface area contributed by atoms with Crippen molar-refractivity contribution in [2.45, 2.75) is 52.0 Å². The van der Waals surface area contributed by atoms with Crippen LogP contribution in [-0.2, 0) is 0 Å². The van der Waals surface area contributed by atoms with Gasteiger partial charge in [0.2, 0.25) is 5.95 Å². The van der Waals surface area contributed by atoms with E-state index in [2.05, 4.69) is 41.3 Å². The van der Waals surface area contributed by atoms with E-state index in [0.717, 1.165) is 17.3 Å². The molecule has 2 aromatic heterocycles. The molecule has 1 fully saturated rings. The van der Waals surface area contributed by atoms with E-state index >= 15 is 0 Å². The van der Waals surface area contributed by atoms with Gasteiger partial charge in [0.15, 0.2) is 0 Å². The fraction of sp³-hybridized carbons (Fsp3) is 0.471. The number of aryl methyl sites for hydroxylation is 2. The van der Waals surface area contributed by atoms with Crippen LogP contribution in [-0.4, -0.2) is 15.0 Å². The van der Waals surface area contributed by atoms with E-state index < -0.39 is 0 Å². The second-order valence-corrected chi connectivity index (χ2v) is 5.96. The quantitative estimate of drug-likeness (QED) is 0.923. The van der Waals surface area contributed by atoms with E-state index in [1.165, 1.54) is 30.5 Å². The molecule has 21 heavy (non-hydrogen) atoms. The topological polar surface area (TPSA) is 50.7 Å². The highest BCUT2D eigenvalue weighted by atomic mass is 15.1. The standard InChI is InChI=1S/C17H22N4/c1-11-6-5-9-18-16(11)13(3)20-17-19-12(2)10-15(21-17)14-7-4-8-14/h5-6,9-10,13-14H,4,7-8H2,1-3H3,(H,19,20,21). The average molecular weight is 282 g/mol. The number of pyridine rings is 1. The van der Waals surface area contributed by atoms with E-state index in [0.29, 0.717) is 5.92 Å². The highest BCUT2D eigenvalue weighted by Gasteiger charge is 2.22. The third-order valence-electron chi connectivity index (χ3n) is 4.20. The van der Waals surface area contributed by atoms with Crippen LogP contribution in [0.5, 0.6) is 0 Å². The van der Waals surface area contributed by atoms with Crippen molar-refractivity contribution in [2.75, 3.05) is 5.32 Å². The Morgan fingerprint density at radius 1 is 1.24 bits per heavy atom. The predicted octanol–water partition coefficient (Wildman–Crippen LogP) is 3.93. The van der Waals surface area contributed by atoms with E-state index in [9.17, 15) is 0 Å². The fourth-order valence-electron chi connectivity index (χ4n) is 2.78. The normalized spacial score (nSPS) is 16.3. The van der Waals surface area contributed by atoms with Gasteiger partial charge in [-0.15, -0.1) is 0 Å². The van der Waals surface area contributed by atoms with Crippen molar-refractivity contribution in [3.8, 4) is 0 Å². The zero-order chi connectivity index (χ0) is 14.8. The molecule has 0 spiro atoms. The molecule has 0 amide bonds. The van der Waals surface area contributed by atoms with Crippen LogP contribution >= 0.6 is 0 Å². The minimum absolute atomic E-state index is 0.0993. The lowest BCUT2D eigenvalue weighted by molar-refractivity contribution is 0.410. The van der Waals surface area contributed by atoms with Gasteiger partial charge in [-0.3, -0.25) is 4.98 Å². The summed E-state index contributed by atoms with van der Waals surface area (Å²) in [7, 11) is 0. The lowest BCUT2D eigenvalue weighted by Gasteiger charge is -2.25. The summed E-state index contributed by atoms with van der Waals surface area (Å²) >= 11 is 0. The first kappa shape index (κ1) is 14.0. The molecule has 0 aromatic carbocycles. The molecule has 2 aromatic rings. The Kier molecular flexibility index (Phi) is 3.86. The van der Waals surface area contributed by atoms with Gasteiger partial charge >= 0.3 is 0 Å². The molecule has 110 valence electrons. The van der Waals surface area contributed by atoms with Crippen LogP contribution in [0, 0.1) is 13.8 Å². The maximum Gasteiger partial charge on any atom is 0.223 e. The molecule has 1 saturated carbocycles. The van der Waals surface area contributed by atoms with Gasteiger partial charge in [0.1, 0.15) is 0 Å². The number of anilines is 1. The Morgan fingerprint density at radius 3 is 2.71 bits per heavy atom. The molecule has 1 atom stereocenters. The van der Waals surface area contributed by atoms with Gasteiger partial charge in [-0.2, -0.15) is 0 Å². The van der Waals surface area contributed by atoms with Crippen LogP contribution in [0.15, 0.2) is 24.4 Å². The largest absolute Gasteiger partial charge is 0.346 e. The lowest BCUT2D eigenvalue weighted by Crippen LogP contribution is -2.16. The Labute approximate surface area is 126 Å². The van der Waals surface area contributed by atoms with Gasteiger partial charge in [-0.1, -0.05) is 12.5 Å². The lowest BCUT2D eigenvalue weighted by atomic mass is 9.83. The summed E-state index contributed by atoms with van der Waals surface area (Å²) in [5.74, 6) is 1.34. The molecule has 0 saturated heterocycles. The average Bonchev–Trinajstić information content (AvgIpc) is 2.36.